The summed E-state index contributed by atoms with van der Waals surface area (Å²) in [5.41, 5.74) is 13.4. The first-order valence-corrected chi connectivity index (χ1v) is 14.3. The molecule has 0 radical (unpaired) electrons. The number of hydrazone groups is 1. The minimum atomic E-state index is 0.375. The first kappa shape index (κ1) is 26.2. The van der Waals surface area contributed by atoms with E-state index in [9.17, 15) is 5.21 Å². The molecule has 8 nitrogen and oxygen atoms in total. The fourth-order valence-electron chi connectivity index (χ4n) is 4.75. The van der Waals surface area contributed by atoms with Gasteiger partial charge in [0.1, 0.15) is 11.3 Å². The summed E-state index contributed by atoms with van der Waals surface area (Å²) >= 11 is 7.01. The molecule has 0 saturated heterocycles. The summed E-state index contributed by atoms with van der Waals surface area (Å²) in [6, 6.07) is 21.4. The van der Waals surface area contributed by atoms with Crippen molar-refractivity contribution in [2.24, 2.45) is 5.10 Å². The lowest BCUT2D eigenvalue weighted by Gasteiger charge is -2.27. The summed E-state index contributed by atoms with van der Waals surface area (Å²) in [4.78, 5) is 8.86. The summed E-state index contributed by atoms with van der Waals surface area (Å²) in [7, 11) is 0. The van der Waals surface area contributed by atoms with Gasteiger partial charge in [0, 0.05) is 44.5 Å². The standard InChI is InChI=1S/C30H24Br2N7O/c31-22-7-11-29-34-15-25(37(29)18-22)6-2-4-20-3-1-5-21(13-20)27-10-9-24(33)14-28(27)39(40)36-17-26-16-35-30-12-8-23(32)19-38(26)30/h1,3,5,7-19H,2,4,6,33H2/q-1/b36-17+. The van der Waals surface area contributed by atoms with Crippen LogP contribution in [0.25, 0.3) is 22.4 Å². The molecule has 0 amide bonds. The van der Waals surface area contributed by atoms with Gasteiger partial charge in [-0.25, -0.2) is 9.97 Å². The number of fused-ring (bicyclic) bond motifs is 2. The number of hydrogen-bond donors (Lipinski definition) is 1. The van der Waals surface area contributed by atoms with Gasteiger partial charge in [-0.05, 0) is 98.6 Å². The number of nitrogens with zero attached hydrogens (tertiary/aromatic N) is 6. The molecule has 0 atom stereocenters. The van der Waals surface area contributed by atoms with E-state index in [0.717, 1.165) is 50.6 Å². The second-order valence-corrected chi connectivity index (χ2v) is 11.3. The highest BCUT2D eigenvalue weighted by molar-refractivity contribution is 9.10. The third-order valence-corrected chi connectivity index (χ3v) is 7.64. The van der Waals surface area contributed by atoms with Crippen LogP contribution >= 0.6 is 31.9 Å². The molecule has 2 aromatic carbocycles. The second kappa shape index (κ2) is 11.2. The fraction of sp³-hybridized carbons (Fsp3) is 0.100. The molecule has 0 bridgehead atoms. The monoisotopic (exact) mass is 656 g/mol. The number of nitrogen functional groups attached to an aromatic ring is 1. The van der Waals surface area contributed by atoms with E-state index >= 15 is 0 Å². The molecule has 0 fully saturated rings. The van der Waals surface area contributed by atoms with Gasteiger partial charge in [0.25, 0.3) is 0 Å². The Morgan fingerprint density at radius 1 is 0.875 bits per heavy atom. The Morgan fingerprint density at radius 2 is 1.62 bits per heavy atom. The lowest BCUT2D eigenvalue weighted by atomic mass is 9.98. The van der Waals surface area contributed by atoms with Crippen LogP contribution in [0.3, 0.4) is 0 Å². The van der Waals surface area contributed by atoms with E-state index in [1.165, 1.54) is 17.5 Å². The van der Waals surface area contributed by atoms with Gasteiger partial charge in [-0.1, -0.05) is 30.3 Å². The smallest absolute Gasteiger partial charge is 0.137 e. The van der Waals surface area contributed by atoms with Gasteiger partial charge in [-0.3, -0.25) is 4.40 Å². The average Bonchev–Trinajstić information content (AvgIpc) is 3.55. The van der Waals surface area contributed by atoms with Gasteiger partial charge in [0.15, 0.2) is 0 Å². The Labute approximate surface area is 247 Å². The Morgan fingerprint density at radius 3 is 2.45 bits per heavy atom. The normalized spacial score (nSPS) is 11.7. The molecule has 10 heteroatoms. The first-order chi connectivity index (χ1) is 19.4. The van der Waals surface area contributed by atoms with Gasteiger partial charge < -0.3 is 20.5 Å². The van der Waals surface area contributed by atoms with Crippen LogP contribution in [0.5, 0.6) is 0 Å². The number of pyridine rings is 2. The lowest BCUT2D eigenvalue weighted by molar-refractivity contribution is 0.791. The van der Waals surface area contributed by atoms with E-state index in [-0.39, 0.29) is 0 Å². The Bertz CT molecular complexity index is 1860. The van der Waals surface area contributed by atoms with Crippen molar-refractivity contribution in [1.29, 1.82) is 0 Å². The molecule has 4 heterocycles. The average molecular weight is 658 g/mol. The van der Waals surface area contributed by atoms with Crippen molar-refractivity contribution in [3.63, 3.8) is 0 Å². The number of benzene rings is 2. The quantitative estimate of drug-likeness (QED) is 0.105. The fourth-order valence-corrected chi connectivity index (χ4v) is 5.43. The Balaban J connectivity index is 1.21. The van der Waals surface area contributed by atoms with Crippen molar-refractivity contribution in [2.75, 3.05) is 10.9 Å². The zero-order valence-corrected chi connectivity index (χ0v) is 24.5. The van der Waals surface area contributed by atoms with Crippen LogP contribution in [-0.2, 0) is 12.8 Å². The van der Waals surface area contributed by atoms with Gasteiger partial charge in [0.2, 0.25) is 0 Å². The first-order valence-electron chi connectivity index (χ1n) is 12.7. The summed E-state index contributed by atoms with van der Waals surface area (Å²) in [6.07, 6.45) is 11.8. The maximum atomic E-state index is 13.2. The molecule has 0 aliphatic rings. The van der Waals surface area contributed by atoms with Crippen molar-refractivity contribution in [1.82, 2.24) is 18.8 Å². The Hall–Kier alpha value is -3.99. The lowest BCUT2D eigenvalue weighted by Crippen LogP contribution is -2.09. The molecule has 200 valence electrons. The molecule has 6 aromatic rings. The van der Waals surface area contributed by atoms with Gasteiger partial charge in [0.05, 0.1) is 23.8 Å². The summed E-state index contributed by atoms with van der Waals surface area (Å²) < 4.78 is 5.90. The largest absolute Gasteiger partial charge is 0.737 e. The summed E-state index contributed by atoms with van der Waals surface area (Å²) in [6.45, 7) is 0. The highest BCUT2D eigenvalue weighted by Gasteiger charge is 2.10. The molecule has 6 rings (SSSR count). The molecule has 4 aromatic heterocycles. The van der Waals surface area contributed by atoms with E-state index in [2.05, 4.69) is 63.5 Å². The van der Waals surface area contributed by atoms with Crippen LogP contribution < -0.4 is 10.9 Å². The molecule has 0 aliphatic carbocycles. The van der Waals surface area contributed by atoms with Crippen molar-refractivity contribution >= 4 is 60.7 Å². The van der Waals surface area contributed by atoms with Crippen LogP contribution in [0.1, 0.15) is 23.4 Å². The number of aryl methyl sites for hydroxylation is 2. The zero-order valence-electron chi connectivity index (χ0n) is 21.3. The Kier molecular flexibility index (Phi) is 7.38. The molecule has 0 unspecified atom stereocenters. The number of aromatic nitrogens is 4. The third kappa shape index (κ3) is 5.51. The number of imidazole rings is 2. The SMILES string of the molecule is Nc1ccc(-c2cccc(CCCc3cnc4ccc(Br)cn34)c2)c(N([O-])/N=C/c2cnc3ccc(Br)cn23)c1. The van der Waals surface area contributed by atoms with Crippen LogP contribution in [-0.4, -0.2) is 25.0 Å². The van der Waals surface area contributed by atoms with Crippen molar-refractivity contribution in [2.45, 2.75) is 19.3 Å². The number of halogens is 2. The van der Waals surface area contributed by atoms with Gasteiger partial charge in [-0.2, -0.15) is 5.10 Å². The van der Waals surface area contributed by atoms with Gasteiger partial charge >= 0.3 is 0 Å². The van der Waals surface area contributed by atoms with E-state index in [4.69, 9.17) is 5.73 Å². The number of hydrogen-bond acceptors (Lipinski definition) is 6. The van der Waals surface area contributed by atoms with Crippen molar-refractivity contribution in [3.8, 4) is 11.1 Å². The molecule has 0 saturated carbocycles. The van der Waals surface area contributed by atoms with Crippen LogP contribution in [0.15, 0.2) is 106 Å². The molecular formula is C30H24Br2N7O-. The van der Waals surface area contributed by atoms with E-state index < -0.39 is 0 Å². The molecule has 0 spiro atoms. The number of anilines is 2. The topological polar surface area (TPSA) is 99.3 Å². The summed E-state index contributed by atoms with van der Waals surface area (Å²) in [5.74, 6) is 0. The van der Waals surface area contributed by atoms with E-state index in [0.29, 0.717) is 22.2 Å². The van der Waals surface area contributed by atoms with Crippen LogP contribution in [0, 0.1) is 5.21 Å². The predicted molar refractivity (Wildman–Crippen MR) is 168 cm³/mol. The van der Waals surface area contributed by atoms with Crippen molar-refractivity contribution < 1.29 is 0 Å². The molecule has 0 aliphatic heterocycles. The van der Waals surface area contributed by atoms with Crippen molar-refractivity contribution in [3.05, 3.63) is 123 Å². The highest BCUT2D eigenvalue weighted by atomic mass is 79.9. The minimum absolute atomic E-state index is 0.375. The minimum Gasteiger partial charge on any atom is -0.737 e. The number of rotatable bonds is 8. The maximum Gasteiger partial charge on any atom is 0.137 e. The van der Waals surface area contributed by atoms with Crippen LogP contribution in [0.2, 0.25) is 0 Å². The predicted octanol–water partition coefficient (Wildman–Crippen LogP) is 7.27. The molecule has 40 heavy (non-hydrogen) atoms. The van der Waals surface area contributed by atoms with E-state index in [1.54, 1.807) is 18.3 Å². The van der Waals surface area contributed by atoms with Crippen LogP contribution in [0.4, 0.5) is 11.4 Å². The van der Waals surface area contributed by atoms with E-state index in [1.807, 2.05) is 65.5 Å². The zero-order chi connectivity index (χ0) is 27.6. The molecular weight excluding hydrogens is 634 g/mol. The molecule has 2 N–H and O–H groups in total. The van der Waals surface area contributed by atoms with Gasteiger partial charge in [-0.15, -0.1) is 0 Å². The third-order valence-electron chi connectivity index (χ3n) is 6.70. The maximum absolute atomic E-state index is 13.2. The summed E-state index contributed by atoms with van der Waals surface area (Å²) in [5, 5.41) is 18.0. The highest BCUT2D eigenvalue weighted by Crippen LogP contribution is 2.33. The number of nitrogens with two attached hydrogens (primary N) is 1. The second-order valence-electron chi connectivity index (χ2n) is 9.43.